The summed E-state index contributed by atoms with van der Waals surface area (Å²) in [6.07, 6.45) is 4.58. The number of aromatic nitrogens is 4. The summed E-state index contributed by atoms with van der Waals surface area (Å²) in [5, 5.41) is 7.26. The second kappa shape index (κ2) is 10.6. The molecular weight excluding hydrogens is 446 g/mol. The Kier molecular flexibility index (Phi) is 7.40. The molecule has 2 amide bonds. The third kappa shape index (κ3) is 6.02. The van der Waals surface area contributed by atoms with Gasteiger partial charge in [-0.1, -0.05) is 6.42 Å². The van der Waals surface area contributed by atoms with Crippen molar-refractivity contribution in [1.29, 1.82) is 0 Å². The van der Waals surface area contributed by atoms with E-state index in [9.17, 15) is 9.59 Å². The van der Waals surface area contributed by atoms with Crippen LogP contribution in [-0.4, -0.2) is 49.6 Å². The van der Waals surface area contributed by atoms with E-state index in [1.807, 2.05) is 20.8 Å². The van der Waals surface area contributed by atoms with Gasteiger partial charge in [0.1, 0.15) is 17.4 Å². The van der Waals surface area contributed by atoms with Gasteiger partial charge in [0.15, 0.2) is 0 Å². The molecule has 3 N–H and O–H groups in total. The fourth-order valence-electron chi connectivity index (χ4n) is 4.24. The molecule has 0 radical (unpaired) electrons. The van der Waals surface area contributed by atoms with Crippen molar-refractivity contribution in [2.24, 2.45) is 5.73 Å². The Morgan fingerprint density at radius 1 is 1.17 bits per heavy atom. The van der Waals surface area contributed by atoms with Gasteiger partial charge in [-0.05, 0) is 64.4 Å². The Hall–Kier alpha value is -3.79. The molecule has 0 unspecified atom stereocenters. The van der Waals surface area contributed by atoms with E-state index in [0.29, 0.717) is 28.8 Å². The maximum atomic E-state index is 12.9. The number of piperidine rings is 1. The number of benzene rings is 1. The van der Waals surface area contributed by atoms with Crippen molar-refractivity contribution in [1.82, 2.24) is 24.6 Å². The van der Waals surface area contributed by atoms with Gasteiger partial charge in [0.2, 0.25) is 17.7 Å². The minimum absolute atomic E-state index is 0.0935. The van der Waals surface area contributed by atoms with Crippen molar-refractivity contribution in [2.75, 3.05) is 18.4 Å². The van der Waals surface area contributed by atoms with Crippen LogP contribution in [0.25, 0.3) is 0 Å². The number of aryl methyl sites for hydroxylation is 1. The topological polar surface area (TPSA) is 128 Å². The number of anilines is 1. The summed E-state index contributed by atoms with van der Waals surface area (Å²) in [5.41, 5.74) is 6.49. The van der Waals surface area contributed by atoms with E-state index in [-0.39, 0.29) is 24.5 Å². The number of nitrogens with two attached hydrogens (primary N) is 1. The first-order valence-corrected chi connectivity index (χ1v) is 11.8. The first-order valence-electron chi connectivity index (χ1n) is 11.8. The number of rotatable bonds is 8. The number of ether oxygens (including phenoxy) is 1. The number of hydrogen-bond acceptors (Lipinski definition) is 7. The van der Waals surface area contributed by atoms with Gasteiger partial charge in [0, 0.05) is 29.4 Å². The van der Waals surface area contributed by atoms with Crippen LogP contribution in [0.4, 0.5) is 5.82 Å². The SMILES string of the molecule is Cc1cc(Oc2ccc(C(N)=O)cc2)nc([C@@H]2CCCCN2CC(=O)Nc2ccnn2C(C)C)n1. The molecule has 1 saturated heterocycles. The highest BCUT2D eigenvalue weighted by Gasteiger charge is 2.29. The van der Waals surface area contributed by atoms with E-state index in [1.54, 1.807) is 47.3 Å². The van der Waals surface area contributed by atoms with E-state index in [0.717, 1.165) is 31.5 Å². The molecule has 3 aromatic rings. The molecule has 1 aliphatic rings. The Balaban J connectivity index is 1.49. The quantitative estimate of drug-likeness (QED) is 0.507. The zero-order valence-electron chi connectivity index (χ0n) is 20.3. The molecule has 1 fully saturated rings. The third-order valence-electron chi connectivity index (χ3n) is 5.89. The summed E-state index contributed by atoms with van der Waals surface area (Å²) >= 11 is 0. The van der Waals surface area contributed by atoms with Crippen LogP contribution < -0.4 is 15.8 Å². The Morgan fingerprint density at radius 3 is 2.66 bits per heavy atom. The lowest BCUT2D eigenvalue weighted by molar-refractivity contribution is -0.118. The summed E-state index contributed by atoms with van der Waals surface area (Å²) in [6, 6.07) is 10.2. The molecule has 4 rings (SSSR count). The molecule has 1 aliphatic heterocycles. The van der Waals surface area contributed by atoms with Crippen LogP contribution in [0.5, 0.6) is 11.6 Å². The van der Waals surface area contributed by atoms with E-state index in [2.05, 4.69) is 25.3 Å². The predicted octanol–water partition coefficient (Wildman–Crippen LogP) is 3.62. The largest absolute Gasteiger partial charge is 0.439 e. The number of hydrogen-bond donors (Lipinski definition) is 2. The fourth-order valence-corrected chi connectivity index (χ4v) is 4.24. The highest BCUT2D eigenvalue weighted by molar-refractivity contribution is 5.93. The Morgan fingerprint density at radius 2 is 1.94 bits per heavy atom. The van der Waals surface area contributed by atoms with Crippen LogP contribution in [0.2, 0.25) is 0 Å². The van der Waals surface area contributed by atoms with E-state index >= 15 is 0 Å². The average molecular weight is 478 g/mol. The molecular formula is C25H31N7O3. The zero-order chi connectivity index (χ0) is 24.9. The minimum Gasteiger partial charge on any atom is -0.439 e. The van der Waals surface area contributed by atoms with Gasteiger partial charge >= 0.3 is 0 Å². The standard InChI is InChI=1S/C25H31N7O3/c1-16(2)32-21(11-12-27-32)29-22(33)15-31-13-5-4-6-20(31)25-28-17(3)14-23(30-25)35-19-9-7-18(8-10-19)24(26)34/h7-12,14,16,20H,4-6,13,15H2,1-3H3,(H2,26,34)(H,29,33)/t20-/m0/s1. The van der Waals surface area contributed by atoms with Crippen LogP contribution in [0.3, 0.4) is 0 Å². The average Bonchev–Trinajstić information content (AvgIpc) is 3.27. The van der Waals surface area contributed by atoms with E-state index in [4.69, 9.17) is 10.5 Å². The van der Waals surface area contributed by atoms with Gasteiger partial charge in [-0.3, -0.25) is 14.5 Å². The van der Waals surface area contributed by atoms with Crippen molar-refractivity contribution in [3.8, 4) is 11.6 Å². The summed E-state index contributed by atoms with van der Waals surface area (Å²) in [7, 11) is 0. The van der Waals surface area contributed by atoms with Crippen molar-refractivity contribution < 1.29 is 14.3 Å². The van der Waals surface area contributed by atoms with Gasteiger partial charge in [-0.25, -0.2) is 9.67 Å². The normalized spacial score (nSPS) is 16.3. The number of amides is 2. The van der Waals surface area contributed by atoms with Crippen LogP contribution >= 0.6 is 0 Å². The summed E-state index contributed by atoms with van der Waals surface area (Å²) in [6.45, 7) is 6.94. The molecule has 3 heterocycles. The minimum atomic E-state index is -0.494. The number of nitrogens with one attached hydrogen (secondary N) is 1. The second-order valence-corrected chi connectivity index (χ2v) is 8.98. The van der Waals surface area contributed by atoms with Crippen LogP contribution in [0.15, 0.2) is 42.6 Å². The third-order valence-corrected chi connectivity index (χ3v) is 5.89. The molecule has 2 aromatic heterocycles. The fraction of sp³-hybridized carbons (Fsp3) is 0.400. The first-order chi connectivity index (χ1) is 16.8. The van der Waals surface area contributed by atoms with Gasteiger partial charge in [0.05, 0.1) is 18.8 Å². The molecule has 1 atom stereocenters. The smallest absolute Gasteiger partial charge is 0.248 e. The first kappa shape index (κ1) is 24.3. The molecule has 0 bridgehead atoms. The lowest BCUT2D eigenvalue weighted by Crippen LogP contribution is -2.40. The summed E-state index contributed by atoms with van der Waals surface area (Å²) in [5.74, 6) is 1.68. The predicted molar refractivity (Wildman–Crippen MR) is 131 cm³/mol. The van der Waals surface area contributed by atoms with Gasteiger partial charge < -0.3 is 15.8 Å². The molecule has 0 spiro atoms. The van der Waals surface area contributed by atoms with Gasteiger partial charge in [-0.2, -0.15) is 10.1 Å². The molecule has 0 aliphatic carbocycles. The number of likely N-dealkylation sites (tertiary alicyclic amines) is 1. The number of primary amides is 1. The van der Waals surface area contributed by atoms with Crippen molar-refractivity contribution >= 4 is 17.6 Å². The highest BCUT2D eigenvalue weighted by atomic mass is 16.5. The molecule has 10 heteroatoms. The molecule has 0 saturated carbocycles. The maximum Gasteiger partial charge on any atom is 0.248 e. The van der Waals surface area contributed by atoms with Gasteiger partial charge in [0.25, 0.3) is 0 Å². The van der Waals surface area contributed by atoms with Crippen LogP contribution in [-0.2, 0) is 4.79 Å². The second-order valence-electron chi connectivity index (χ2n) is 8.98. The number of carbonyl (C=O) groups is 2. The summed E-state index contributed by atoms with van der Waals surface area (Å²) in [4.78, 5) is 35.6. The monoisotopic (exact) mass is 477 g/mol. The maximum absolute atomic E-state index is 12.9. The molecule has 1 aromatic carbocycles. The zero-order valence-corrected chi connectivity index (χ0v) is 20.3. The highest BCUT2D eigenvalue weighted by Crippen LogP contribution is 2.31. The van der Waals surface area contributed by atoms with Crippen molar-refractivity contribution in [3.05, 3.63) is 59.7 Å². The van der Waals surface area contributed by atoms with Gasteiger partial charge in [-0.15, -0.1) is 0 Å². The molecule has 184 valence electrons. The Labute approximate surface area is 204 Å². The molecule has 35 heavy (non-hydrogen) atoms. The lowest BCUT2D eigenvalue weighted by atomic mass is 10.0. The van der Waals surface area contributed by atoms with Crippen LogP contribution in [0, 0.1) is 6.92 Å². The van der Waals surface area contributed by atoms with Crippen molar-refractivity contribution in [3.63, 3.8) is 0 Å². The number of carbonyl (C=O) groups excluding carboxylic acids is 2. The summed E-state index contributed by atoms with van der Waals surface area (Å²) < 4.78 is 7.72. The number of nitrogens with zero attached hydrogens (tertiary/aromatic N) is 5. The molecule has 10 nitrogen and oxygen atoms in total. The van der Waals surface area contributed by atoms with E-state index in [1.165, 1.54) is 0 Å². The van der Waals surface area contributed by atoms with Crippen molar-refractivity contribution in [2.45, 2.75) is 52.1 Å². The van der Waals surface area contributed by atoms with E-state index < -0.39 is 5.91 Å². The Bertz CT molecular complexity index is 1190. The lowest BCUT2D eigenvalue weighted by Gasteiger charge is -2.34. The van der Waals surface area contributed by atoms with Crippen LogP contribution in [0.1, 0.15) is 67.1 Å².